The molecule has 3 rings (SSSR count). The van der Waals surface area contributed by atoms with Crippen molar-refractivity contribution in [1.29, 1.82) is 0 Å². The molecule has 0 N–H and O–H groups in total. The van der Waals surface area contributed by atoms with E-state index in [9.17, 15) is 13.2 Å². The van der Waals surface area contributed by atoms with Crippen molar-refractivity contribution in [2.75, 3.05) is 6.16 Å². The number of hydrogen-bond acceptors (Lipinski definition) is 0. The van der Waals surface area contributed by atoms with Crippen LogP contribution in [0.5, 0.6) is 0 Å². The Labute approximate surface area is 146 Å². The fourth-order valence-electron chi connectivity index (χ4n) is 3.43. The molecule has 0 fully saturated rings. The van der Waals surface area contributed by atoms with Crippen molar-refractivity contribution in [3.8, 4) is 0 Å². The number of hydrogen-bond donors (Lipinski definition) is 0. The minimum absolute atomic E-state index is 0.106. The topological polar surface area (TPSA) is 0 Å². The summed E-state index contributed by atoms with van der Waals surface area (Å²) in [5.74, 6) is 0. The number of halogens is 3. The molecule has 0 atom stereocenters. The van der Waals surface area contributed by atoms with Crippen LogP contribution in [0, 0.1) is 0 Å². The van der Waals surface area contributed by atoms with Gasteiger partial charge in [0.15, 0.2) is 0 Å². The van der Waals surface area contributed by atoms with E-state index in [1.807, 2.05) is 91.0 Å². The van der Waals surface area contributed by atoms with Crippen molar-refractivity contribution in [2.45, 2.75) is 12.6 Å². The van der Waals surface area contributed by atoms with E-state index in [1.54, 1.807) is 0 Å². The fourth-order valence-corrected chi connectivity index (χ4v) is 8.24. The van der Waals surface area contributed by atoms with Crippen LogP contribution in [0.2, 0.25) is 0 Å². The van der Waals surface area contributed by atoms with Gasteiger partial charge < -0.3 is 0 Å². The van der Waals surface area contributed by atoms with Crippen molar-refractivity contribution < 1.29 is 13.2 Å². The summed E-state index contributed by atoms with van der Waals surface area (Å²) in [6, 6.07) is 29.0. The summed E-state index contributed by atoms with van der Waals surface area (Å²) in [5.41, 5.74) is 0. The van der Waals surface area contributed by atoms with Gasteiger partial charge in [-0.2, -0.15) is 0 Å². The monoisotopic (exact) mass is 360 g/mol. The SMILES string of the molecule is FC(F)(F)CC[PH](c1ccccc1)(c1ccccc1)c1ccccc1. The maximum atomic E-state index is 13.2. The van der Waals surface area contributed by atoms with Crippen LogP contribution in [0.1, 0.15) is 6.42 Å². The predicted molar refractivity (Wildman–Crippen MR) is 102 cm³/mol. The maximum absolute atomic E-state index is 13.2. The second kappa shape index (κ2) is 7.41. The molecule has 0 amide bonds. The molecule has 0 radical (unpaired) electrons. The Balaban J connectivity index is 2.24. The Morgan fingerprint density at radius 2 is 0.880 bits per heavy atom. The molecule has 0 aliphatic heterocycles. The summed E-state index contributed by atoms with van der Waals surface area (Å²) >= 11 is 0. The zero-order chi connectivity index (χ0) is 17.8. The van der Waals surface area contributed by atoms with E-state index in [4.69, 9.17) is 0 Å². The molecule has 0 heterocycles. The molecular weight excluding hydrogens is 340 g/mol. The Kier molecular flexibility index (Phi) is 5.24. The van der Waals surface area contributed by atoms with Gasteiger partial charge in [-0.3, -0.25) is 0 Å². The van der Waals surface area contributed by atoms with Gasteiger partial charge in [0.05, 0.1) is 0 Å². The van der Waals surface area contributed by atoms with Gasteiger partial charge in [-0.15, -0.1) is 0 Å². The normalized spacial score (nSPS) is 12.8. The number of alkyl halides is 3. The van der Waals surface area contributed by atoms with E-state index in [0.717, 1.165) is 15.9 Å². The Bertz CT molecular complexity index is 687. The standard InChI is InChI=1S/C21H20F3P/c22-21(23,24)16-17-25(18-10-4-1-5-11-18,19-12-6-2-7-13-19)20-14-8-3-9-15-20/h1-15,25H,16-17H2. The molecule has 0 unspecified atom stereocenters. The van der Waals surface area contributed by atoms with E-state index < -0.39 is 19.9 Å². The third kappa shape index (κ3) is 3.93. The molecule has 0 spiro atoms. The summed E-state index contributed by atoms with van der Waals surface area (Å²) in [5, 5.41) is 3.03. The van der Waals surface area contributed by atoms with Crippen molar-refractivity contribution in [3.05, 3.63) is 91.0 Å². The Morgan fingerprint density at radius 3 is 1.16 bits per heavy atom. The van der Waals surface area contributed by atoms with Crippen molar-refractivity contribution in [3.63, 3.8) is 0 Å². The first-order valence-corrected chi connectivity index (χ1v) is 10.5. The van der Waals surface area contributed by atoms with Crippen LogP contribution in [0.15, 0.2) is 91.0 Å². The summed E-state index contributed by atoms with van der Waals surface area (Å²) in [7, 11) is -2.75. The van der Waals surface area contributed by atoms with E-state index in [0.29, 0.717) is 0 Å². The van der Waals surface area contributed by atoms with Gasteiger partial charge in [0.25, 0.3) is 0 Å². The van der Waals surface area contributed by atoms with Crippen molar-refractivity contribution in [1.82, 2.24) is 0 Å². The molecule has 25 heavy (non-hydrogen) atoms. The van der Waals surface area contributed by atoms with Gasteiger partial charge in [0.1, 0.15) is 0 Å². The van der Waals surface area contributed by atoms with Gasteiger partial charge in [0.2, 0.25) is 0 Å². The van der Waals surface area contributed by atoms with Crippen LogP contribution >= 0.6 is 7.26 Å². The third-order valence-corrected chi connectivity index (χ3v) is 9.54. The zero-order valence-corrected chi connectivity index (χ0v) is 14.7. The quantitative estimate of drug-likeness (QED) is 0.581. The molecule has 0 bridgehead atoms. The molecule has 0 aromatic heterocycles. The molecule has 3 aromatic rings. The van der Waals surface area contributed by atoms with Gasteiger partial charge in [-0.1, -0.05) is 0 Å². The van der Waals surface area contributed by atoms with Crippen LogP contribution < -0.4 is 15.9 Å². The van der Waals surface area contributed by atoms with E-state index in [-0.39, 0.29) is 6.16 Å². The summed E-state index contributed by atoms with van der Waals surface area (Å²) < 4.78 is 39.5. The van der Waals surface area contributed by atoms with E-state index in [2.05, 4.69) is 0 Å². The van der Waals surface area contributed by atoms with Crippen LogP contribution in [-0.4, -0.2) is 12.3 Å². The number of rotatable bonds is 5. The van der Waals surface area contributed by atoms with Gasteiger partial charge >= 0.3 is 146 Å². The van der Waals surface area contributed by atoms with E-state index >= 15 is 0 Å². The minimum atomic E-state index is -4.17. The van der Waals surface area contributed by atoms with Gasteiger partial charge in [-0.05, 0) is 0 Å². The molecule has 4 heteroatoms. The van der Waals surface area contributed by atoms with Crippen molar-refractivity contribution >= 4 is 23.2 Å². The molecular formula is C21H20F3P. The molecule has 0 aliphatic carbocycles. The van der Waals surface area contributed by atoms with Gasteiger partial charge in [0, 0.05) is 0 Å². The van der Waals surface area contributed by atoms with Crippen LogP contribution in [-0.2, 0) is 0 Å². The Hall–Kier alpha value is -2.12. The molecule has 0 aliphatic rings. The third-order valence-electron chi connectivity index (χ3n) is 4.58. The number of benzene rings is 3. The fraction of sp³-hybridized carbons (Fsp3) is 0.143. The summed E-state index contributed by atoms with van der Waals surface area (Å²) in [4.78, 5) is 0. The predicted octanol–water partition coefficient (Wildman–Crippen LogP) is 4.67. The van der Waals surface area contributed by atoms with Crippen LogP contribution in [0.4, 0.5) is 13.2 Å². The van der Waals surface area contributed by atoms with E-state index in [1.165, 1.54) is 0 Å². The summed E-state index contributed by atoms with van der Waals surface area (Å²) in [6.07, 6.45) is -4.84. The molecule has 130 valence electrons. The van der Waals surface area contributed by atoms with Crippen LogP contribution in [0.25, 0.3) is 0 Å². The zero-order valence-electron chi connectivity index (χ0n) is 13.7. The first-order chi connectivity index (χ1) is 12.0. The first kappa shape index (κ1) is 17.7. The van der Waals surface area contributed by atoms with Crippen molar-refractivity contribution in [2.24, 2.45) is 0 Å². The average molecular weight is 360 g/mol. The van der Waals surface area contributed by atoms with Crippen LogP contribution in [0.3, 0.4) is 0 Å². The second-order valence-electron chi connectivity index (χ2n) is 6.12. The molecule has 0 nitrogen and oxygen atoms in total. The molecule has 0 saturated carbocycles. The van der Waals surface area contributed by atoms with Gasteiger partial charge in [-0.25, -0.2) is 0 Å². The second-order valence-corrected chi connectivity index (χ2v) is 10.2. The molecule has 3 aromatic carbocycles. The summed E-state index contributed by atoms with van der Waals surface area (Å²) in [6.45, 7) is 0. The molecule has 0 saturated heterocycles. The Morgan fingerprint density at radius 1 is 0.560 bits per heavy atom. The average Bonchev–Trinajstić information content (AvgIpc) is 2.64. The first-order valence-electron chi connectivity index (χ1n) is 8.26.